The highest BCUT2D eigenvalue weighted by atomic mass is 32.3. The Kier molecular flexibility index (Phi) is 5.27. The van der Waals surface area contributed by atoms with Gasteiger partial charge in [-0.15, -0.1) is 14.7 Å². The molecular formula is C12H13N3O4S. The molecule has 20 heavy (non-hydrogen) atoms. The third-order valence-electron chi connectivity index (χ3n) is 2.59. The first kappa shape index (κ1) is 15.7. The van der Waals surface area contributed by atoms with Crippen LogP contribution in [0.5, 0.6) is 0 Å². The van der Waals surface area contributed by atoms with Crippen molar-refractivity contribution in [2.75, 3.05) is 0 Å². The fourth-order valence-electron chi connectivity index (χ4n) is 1.51. The molecular weight excluding hydrogens is 282 g/mol. The standard InChI is InChI=1S/C12H13N3O4S/c1-3-12(16)11-7-5-4-6-10(11)8-9(2)20(13-17,14-18)15-19/h4-8,16H,2-3H2,1H3/b10-8-,12-11+. The summed E-state index contributed by atoms with van der Waals surface area (Å²) in [6.45, 7) is 5.24. The summed E-state index contributed by atoms with van der Waals surface area (Å²) in [7, 11) is -3.57. The first-order valence-electron chi connectivity index (χ1n) is 5.59. The van der Waals surface area contributed by atoms with Crippen LogP contribution >= 0.6 is 10.6 Å². The van der Waals surface area contributed by atoms with Gasteiger partial charge < -0.3 is 5.11 Å². The quantitative estimate of drug-likeness (QED) is 0.813. The van der Waals surface area contributed by atoms with Gasteiger partial charge in [0, 0.05) is 25.4 Å². The Morgan fingerprint density at radius 3 is 2.30 bits per heavy atom. The van der Waals surface area contributed by atoms with Gasteiger partial charge in [0.25, 0.3) is 0 Å². The molecule has 0 amide bonds. The normalized spacial score (nSPS) is 14.3. The highest BCUT2D eigenvalue weighted by Gasteiger charge is 2.31. The number of rotatable bonds is 6. The van der Waals surface area contributed by atoms with Crippen LogP contribution in [0.25, 0.3) is 11.8 Å². The molecule has 1 N–H and O–H groups in total. The molecule has 1 aromatic carbocycles. The Bertz CT molecular complexity index is 650. The zero-order valence-electron chi connectivity index (χ0n) is 10.7. The SMILES string of the molecule is C=C(/C=c1/cccc/c1=C(\O)CC)S(N=O)(N=O)N=O. The lowest BCUT2D eigenvalue weighted by Gasteiger charge is -2.12. The number of aliphatic hydroxyl groups is 1. The molecule has 0 heterocycles. The molecule has 0 bridgehead atoms. The zero-order chi connectivity index (χ0) is 15.2. The Morgan fingerprint density at radius 2 is 1.80 bits per heavy atom. The maximum Gasteiger partial charge on any atom is 0.197 e. The Labute approximate surface area is 116 Å². The van der Waals surface area contributed by atoms with E-state index in [-0.39, 0.29) is 10.7 Å². The van der Waals surface area contributed by atoms with Gasteiger partial charge in [-0.3, -0.25) is 0 Å². The average molecular weight is 295 g/mol. The van der Waals surface area contributed by atoms with Gasteiger partial charge in [0.05, 0.1) is 10.7 Å². The first-order valence-corrected chi connectivity index (χ1v) is 7.10. The van der Waals surface area contributed by atoms with E-state index >= 15 is 0 Å². The Morgan fingerprint density at radius 1 is 1.25 bits per heavy atom. The van der Waals surface area contributed by atoms with Gasteiger partial charge in [-0.25, -0.2) is 0 Å². The minimum atomic E-state index is -3.57. The lowest BCUT2D eigenvalue weighted by Crippen LogP contribution is -2.26. The van der Waals surface area contributed by atoms with Crippen LogP contribution in [0.4, 0.5) is 0 Å². The molecule has 106 valence electrons. The van der Waals surface area contributed by atoms with Crippen LogP contribution in [-0.4, -0.2) is 5.11 Å². The number of hydrogen-bond donors (Lipinski definition) is 1. The third-order valence-corrected chi connectivity index (χ3v) is 4.03. The summed E-state index contributed by atoms with van der Waals surface area (Å²) in [6.07, 6.45) is 1.71. The highest BCUT2D eigenvalue weighted by molar-refractivity contribution is 8.33. The molecule has 0 aliphatic heterocycles. The summed E-state index contributed by atoms with van der Waals surface area (Å²) in [4.78, 5) is 31.8. The van der Waals surface area contributed by atoms with E-state index in [1.807, 2.05) is 0 Å². The number of aliphatic hydroxyl groups excluding tert-OH is 1. The van der Waals surface area contributed by atoms with Crippen LogP contribution in [0.1, 0.15) is 13.3 Å². The van der Waals surface area contributed by atoms with Gasteiger partial charge in [0.2, 0.25) is 0 Å². The van der Waals surface area contributed by atoms with Crippen molar-refractivity contribution in [3.05, 3.63) is 60.9 Å². The van der Waals surface area contributed by atoms with Crippen molar-refractivity contribution in [1.82, 2.24) is 0 Å². The highest BCUT2D eigenvalue weighted by Crippen LogP contribution is 2.59. The monoisotopic (exact) mass is 295 g/mol. The molecule has 1 rings (SSSR count). The molecule has 0 atom stereocenters. The lowest BCUT2D eigenvalue weighted by molar-refractivity contribution is 0.483. The number of nitrogens with zero attached hydrogens (tertiary/aromatic N) is 3. The second kappa shape index (κ2) is 6.71. The predicted molar refractivity (Wildman–Crippen MR) is 80.6 cm³/mol. The number of allylic oxidation sites excluding steroid dienone is 1. The smallest absolute Gasteiger partial charge is 0.197 e. The summed E-state index contributed by atoms with van der Waals surface area (Å²) >= 11 is 0. The molecule has 0 saturated carbocycles. The van der Waals surface area contributed by atoms with E-state index in [1.165, 1.54) is 6.08 Å². The number of hydrogen-bond acceptors (Lipinski definition) is 7. The van der Waals surface area contributed by atoms with E-state index in [2.05, 4.69) is 20.3 Å². The summed E-state index contributed by atoms with van der Waals surface area (Å²) in [5.41, 5.74) is 0. The lowest BCUT2D eigenvalue weighted by atomic mass is 10.2. The predicted octanol–water partition coefficient (Wildman–Crippen LogP) is 2.91. The van der Waals surface area contributed by atoms with E-state index in [0.29, 0.717) is 16.9 Å². The van der Waals surface area contributed by atoms with Crippen molar-refractivity contribution in [3.63, 3.8) is 0 Å². The molecule has 1 aromatic rings. The topological polar surface area (TPSA) is 109 Å². The molecule has 8 heteroatoms. The van der Waals surface area contributed by atoms with Crippen molar-refractivity contribution in [1.29, 1.82) is 0 Å². The van der Waals surface area contributed by atoms with Crippen molar-refractivity contribution in [3.8, 4) is 0 Å². The van der Waals surface area contributed by atoms with Gasteiger partial charge in [0.1, 0.15) is 0 Å². The summed E-state index contributed by atoms with van der Waals surface area (Å²) in [5, 5.41) is 10.8. The maximum absolute atomic E-state index is 10.7. The van der Waals surface area contributed by atoms with Crippen molar-refractivity contribution in [2.45, 2.75) is 13.3 Å². The van der Waals surface area contributed by atoms with Crippen LogP contribution in [-0.2, 0) is 0 Å². The van der Waals surface area contributed by atoms with Gasteiger partial charge in [-0.2, -0.15) is 0 Å². The minimum absolute atomic E-state index is 0.127. The molecule has 0 aliphatic carbocycles. The molecule has 0 unspecified atom stereocenters. The minimum Gasteiger partial charge on any atom is -0.512 e. The third kappa shape index (κ3) is 2.97. The van der Waals surface area contributed by atoms with E-state index in [4.69, 9.17) is 0 Å². The van der Waals surface area contributed by atoms with E-state index < -0.39 is 10.6 Å². The largest absolute Gasteiger partial charge is 0.512 e. The van der Waals surface area contributed by atoms with Crippen LogP contribution < -0.4 is 10.4 Å². The van der Waals surface area contributed by atoms with E-state index in [0.717, 1.165) is 0 Å². The average Bonchev–Trinajstić information content (AvgIpc) is 2.49. The van der Waals surface area contributed by atoms with Gasteiger partial charge in [0.15, 0.2) is 10.6 Å². The molecule has 0 aromatic heterocycles. The van der Waals surface area contributed by atoms with Crippen LogP contribution in [0.15, 0.2) is 49.5 Å². The molecule has 0 fully saturated rings. The van der Waals surface area contributed by atoms with Crippen molar-refractivity contribution in [2.24, 2.45) is 13.7 Å². The fourth-order valence-corrected chi connectivity index (χ4v) is 2.17. The molecule has 0 saturated heterocycles. The van der Waals surface area contributed by atoms with Gasteiger partial charge >= 0.3 is 0 Å². The fraction of sp³-hybridized carbons (Fsp3) is 0.167. The molecule has 7 nitrogen and oxygen atoms in total. The van der Waals surface area contributed by atoms with Crippen LogP contribution in [0, 0.1) is 14.7 Å². The first-order chi connectivity index (χ1) is 9.54. The van der Waals surface area contributed by atoms with E-state index in [9.17, 15) is 19.8 Å². The molecule has 0 radical (unpaired) electrons. The second-order valence-corrected chi connectivity index (χ2v) is 5.75. The Balaban J connectivity index is 3.54. The molecule has 0 aliphatic rings. The van der Waals surface area contributed by atoms with Crippen molar-refractivity contribution >= 4 is 22.4 Å². The number of benzene rings is 1. The van der Waals surface area contributed by atoms with Gasteiger partial charge in [-0.1, -0.05) is 37.8 Å². The maximum atomic E-state index is 10.7. The van der Waals surface area contributed by atoms with Crippen LogP contribution in [0.2, 0.25) is 0 Å². The van der Waals surface area contributed by atoms with Crippen LogP contribution in [0.3, 0.4) is 0 Å². The van der Waals surface area contributed by atoms with Crippen molar-refractivity contribution < 1.29 is 5.11 Å². The molecule has 0 spiro atoms. The summed E-state index contributed by atoms with van der Waals surface area (Å²) < 4.78 is 7.27. The second-order valence-electron chi connectivity index (χ2n) is 3.74. The Hall–Kier alpha value is -2.35. The number of nitroso groups, excluding NO2 is 3. The zero-order valence-corrected chi connectivity index (χ0v) is 11.5. The van der Waals surface area contributed by atoms with Gasteiger partial charge in [-0.05, 0) is 11.3 Å². The summed E-state index contributed by atoms with van der Waals surface area (Å²) in [5.74, 6) is 0.127. The van der Waals surface area contributed by atoms with E-state index in [1.54, 1.807) is 31.2 Å². The summed E-state index contributed by atoms with van der Waals surface area (Å²) in [6, 6.07) is 6.71.